The van der Waals surface area contributed by atoms with E-state index in [0.29, 0.717) is 12.1 Å². The lowest BCUT2D eigenvalue weighted by atomic mass is 10.4. The first-order chi connectivity index (χ1) is 7.24. The van der Waals surface area contributed by atoms with Crippen molar-refractivity contribution in [2.75, 3.05) is 0 Å². The van der Waals surface area contributed by atoms with Crippen LogP contribution in [0.4, 0.5) is 4.79 Å². The molecule has 0 unspecified atom stereocenters. The first kappa shape index (κ1) is 9.78. The minimum absolute atomic E-state index is 0.228. The van der Waals surface area contributed by atoms with Gasteiger partial charge in [0, 0.05) is 0 Å². The lowest BCUT2D eigenvalue weighted by Gasteiger charge is -2.01. The summed E-state index contributed by atoms with van der Waals surface area (Å²) in [6.07, 6.45) is 3.39. The first-order valence-electron chi connectivity index (χ1n) is 4.25. The molecule has 0 aliphatic rings. The van der Waals surface area contributed by atoms with Gasteiger partial charge in [0.1, 0.15) is 0 Å². The van der Waals surface area contributed by atoms with E-state index in [1.54, 1.807) is 0 Å². The van der Waals surface area contributed by atoms with Gasteiger partial charge in [0.25, 0.3) is 0 Å². The Morgan fingerprint density at radius 1 is 1.53 bits per heavy atom. The molecule has 2 rings (SSSR count). The SMILES string of the molecule is CCc1c(Cl)nnn1C(=O)n1ccnn1. The van der Waals surface area contributed by atoms with E-state index in [1.165, 1.54) is 12.4 Å². The third kappa shape index (κ3) is 1.61. The topological polar surface area (TPSA) is 78.5 Å². The Bertz CT molecular complexity index is 476. The van der Waals surface area contributed by atoms with Crippen LogP contribution in [-0.4, -0.2) is 36.0 Å². The molecule has 0 saturated carbocycles. The van der Waals surface area contributed by atoms with E-state index in [1.807, 2.05) is 6.92 Å². The summed E-state index contributed by atoms with van der Waals surface area (Å²) in [5, 5.41) is 14.6. The molecule has 0 saturated heterocycles. The fourth-order valence-corrected chi connectivity index (χ4v) is 1.39. The summed E-state index contributed by atoms with van der Waals surface area (Å²) in [5.74, 6) is 0. The summed E-state index contributed by atoms with van der Waals surface area (Å²) in [6, 6.07) is -0.455. The molecule has 2 heterocycles. The van der Waals surface area contributed by atoms with Crippen molar-refractivity contribution in [1.29, 1.82) is 0 Å². The maximum Gasteiger partial charge on any atom is 0.372 e. The zero-order chi connectivity index (χ0) is 10.8. The van der Waals surface area contributed by atoms with Crippen molar-refractivity contribution < 1.29 is 4.79 Å². The van der Waals surface area contributed by atoms with E-state index >= 15 is 0 Å². The molecule has 2 aromatic heterocycles. The molecule has 0 N–H and O–H groups in total. The van der Waals surface area contributed by atoms with Gasteiger partial charge in [0.15, 0.2) is 5.15 Å². The standard InChI is InChI=1S/C7H7ClN6O/c1-2-5-6(8)10-12-14(5)7(15)13-4-3-9-11-13/h3-4H,2H2,1H3. The van der Waals surface area contributed by atoms with Crippen LogP contribution in [0, 0.1) is 0 Å². The highest BCUT2D eigenvalue weighted by Gasteiger charge is 2.17. The number of hydrogen-bond donors (Lipinski definition) is 0. The third-order valence-corrected chi connectivity index (χ3v) is 2.14. The quantitative estimate of drug-likeness (QED) is 0.712. The highest BCUT2D eigenvalue weighted by atomic mass is 35.5. The average Bonchev–Trinajstić information content (AvgIpc) is 2.85. The molecule has 15 heavy (non-hydrogen) atoms. The summed E-state index contributed by atoms with van der Waals surface area (Å²) in [4.78, 5) is 11.8. The van der Waals surface area contributed by atoms with Gasteiger partial charge in [-0.2, -0.15) is 9.36 Å². The molecular weight excluding hydrogens is 220 g/mol. The second-order valence-corrected chi connectivity index (χ2v) is 3.08. The smallest absolute Gasteiger partial charge is 0.243 e. The lowest BCUT2D eigenvalue weighted by Crippen LogP contribution is -2.23. The van der Waals surface area contributed by atoms with Crippen molar-refractivity contribution in [2.45, 2.75) is 13.3 Å². The lowest BCUT2D eigenvalue weighted by molar-refractivity contribution is 0.236. The van der Waals surface area contributed by atoms with Gasteiger partial charge < -0.3 is 0 Å². The maximum atomic E-state index is 11.8. The van der Waals surface area contributed by atoms with Gasteiger partial charge in [-0.05, 0) is 6.42 Å². The molecule has 0 radical (unpaired) electrons. The number of halogens is 1. The average molecular weight is 227 g/mol. The third-order valence-electron chi connectivity index (χ3n) is 1.85. The van der Waals surface area contributed by atoms with E-state index in [9.17, 15) is 4.79 Å². The number of carbonyl (C=O) groups excluding carboxylic acids is 1. The van der Waals surface area contributed by atoms with Gasteiger partial charge in [0.05, 0.1) is 18.1 Å². The molecule has 7 nitrogen and oxygen atoms in total. The van der Waals surface area contributed by atoms with E-state index < -0.39 is 6.03 Å². The summed E-state index contributed by atoms with van der Waals surface area (Å²) < 4.78 is 2.17. The Hall–Kier alpha value is -1.76. The molecule has 8 heteroatoms. The molecule has 0 atom stereocenters. The largest absolute Gasteiger partial charge is 0.372 e. The molecule has 0 spiro atoms. The minimum atomic E-state index is -0.455. The zero-order valence-corrected chi connectivity index (χ0v) is 8.59. The van der Waals surface area contributed by atoms with E-state index in [2.05, 4.69) is 20.6 Å². The number of hydrogen-bond acceptors (Lipinski definition) is 5. The summed E-state index contributed by atoms with van der Waals surface area (Å²) >= 11 is 5.76. The van der Waals surface area contributed by atoms with Gasteiger partial charge in [-0.1, -0.05) is 29.0 Å². The van der Waals surface area contributed by atoms with Crippen molar-refractivity contribution >= 4 is 17.6 Å². The van der Waals surface area contributed by atoms with Crippen LogP contribution >= 0.6 is 11.6 Å². The molecule has 0 aliphatic carbocycles. The zero-order valence-electron chi connectivity index (χ0n) is 7.83. The number of aromatic nitrogens is 6. The predicted octanol–water partition coefficient (Wildman–Crippen LogP) is 0.602. The van der Waals surface area contributed by atoms with Crippen LogP contribution < -0.4 is 0 Å². The molecule has 0 fully saturated rings. The Kier molecular flexibility index (Phi) is 2.46. The fourth-order valence-electron chi connectivity index (χ4n) is 1.14. The van der Waals surface area contributed by atoms with Gasteiger partial charge in [-0.3, -0.25) is 0 Å². The Morgan fingerprint density at radius 2 is 2.33 bits per heavy atom. The molecule has 2 aromatic rings. The van der Waals surface area contributed by atoms with E-state index in [4.69, 9.17) is 11.6 Å². The summed E-state index contributed by atoms with van der Waals surface area (Å²) in [7, 11) is 0. The number of rotatable bonds is 1. The predicted molar refractivity (Wildman–Crippen MR) is 50.6 cm³/mol. The molecule has 78 valence electrons. The van der Waals surface area contributed by atoms with Gasteiger partial charge >= 0.3 is 6.03 Å². The molecule has 0 aliphatic heterocycles. The van der Waals surface area contributed by atoms with Crippen molar-refractivity contribution in [2.24, 2.45) is 0 Å². The fraction of sp³-hybridized carbons (Fsp3) is 0.286. The van der Waals surface area contributed by atoms with Crippen molar-refractivity contribution in [3.05, 3.63) is 23.2 Å². The maximum absolute atomic E-state index is 11.8. The van der Waals surface area contributed by atoms with Gasteiger partial charge in [-0.15, -0.1) is 10.2 Å². The van der Waals surface area contributed by atoms with Crippen LogP contribution in [-0.2, 0) is 6.42 Å². The van der Waals surface area contributed by atoms with Crippen molar-refractivity contribution in [3.8, 4) is 0 Å². The Balaban J connectivity index is 2.42. The van der Waals surface area contributed by atoms with Crippen LogP contribution in [0.25, 0.3) is 0 Å². The van der Waals surface area contributed by atoms with Crippen molar-refractivity contribution in [3.63, 3.8) is 0 Å². The minimum Gasteiger partial charge on any atom is -0.243 e. The highest BCUT2D eigenvalue weighted by molar-refractivity contribution is 6.30. The summed E-state index contributed by atoms with van der Waals surface area (Å²) in [6.45, 7) is 1.86. The van der Waals surface area contributed by atoms with Crippen LogP contribution in [0.15, 0.2) is 12.4 Å². The molecular formula is C7H7ClN6O. The van der Waals surface area contributed by atoms with E-state index in [-0.39, 0.29) is 5.15 Å². The van der Waals surface area contributed by atoms with Gasteiger partial charge in [-0.25, -0.2) is 4.79 Å². The molecule has 0 amide bonds. The van der Waals surface area contributed by atoms with E-state index in [0.717, 1.165) is 9.36 Å². The van der Waals surface area contributed by atoms with Crippen LogP contribution in [0.5, 0.6) is 0 Å². The monoisotopic (exact) mass is 226 g/mol. The second kappa shape index (κ2) is 3.77. The Morgan fingerprint density at radius 3 is 2.93 bits per heavy atom. The van der Waals surface area contributed by atoms with Crippen LogP contribution in [0.1, 0.15) is 12.6 Å². The normalized spacial score (nSPS) is 10.5. The second-order valence-electron chi connectivity index (χ2n) is 2.72. The Labute approximate surface area is 89.6 Å². The molecule has 0 aromatic carbocycles. The number of carbonyl (C=O) groups is 1. The molecule has 0 bridgehead atoms. The van der Waals surface area contributed by atoms with Crippen LogP contribution in [0.2, 0.25) is 5.15 Å². The van der Waals surface area contributed by atoms with Gasteiger partial charge in [0.2, 0.25) is 0 Å². The first-order valence-corrected chi connectivity index (χ1v) is 4.63. The highest BCUT2D eigenvalue weighted by Crippen LogP contribution is 2.12. The van der Waals surface area contributed by atoms with Crippen molar-refractivity contribution in [1.82, 2.24) is 30.0 Å². The van der Waals surface area contributed by atoms with Crippen LogP contribution in [0.3, 0.4) is 0 Å². The summed E-state index contributed by atoms with van der Waals surface area (Å²) in [5.41, 5.74) is 0.553. The number of nitrogens with zero attached hydrogens (tertiary/aromatic N) is 6.